The fourth-order valence-corrected chi connectivity index (χ4v) is 7.27. The summed E-state index contributed by atoms with van der Waals surface area (Å²) >= 11 is 0. The SMILES string of the molecule is Cn1c(-c2ccccc2)cc2cc(N3CCS(=O)(=O)CC3)cc(NC3CCN(S(C)(=O)=O)CC3)c21. The topological polar surface area (TPSA) is 91.7 Å². The molecule has 3 heterocycles. The number of hydrogen-bond acceptors (Lipinski definition) is 6. The van der Waals surface area contributed by atoms with E-state index in [2.05, 4.69) is 52.2 Å². The summed E-state index contributed by atoms with van der Waals surface area (Å²) in [4.78, 5) is 2.15. The summed E-state index contributed by atoms with van der Waals surface area (Å²) in [7, 11) is -4.08. The average molecular weight is 517 g/mol. The lowest BCUT2D eigenvalue weighted by atomic mass is 10.1. The van der Waals surface area contributed by atoms with E-state index >= 15 is 0 Å². The Balaban J connectivity index is 1.52. The molecule has 2 saturated heterocycles. The van der Waals surface area contributed by atoms with Gasteiger partial charge in [0.2, 0.25) is 10.0 Å². The molecule has 2 aromatic carbocycles. The molecule has 0 bridgehead atoms. The Labute approximate surface area is 207 Å². The first-order chi connectivity index (χ1) is 16.6. The highest BCUT2D eigenvalue weighted by molar-refractivity contribution is 7.91. The number of rotatable bonds is 5. The fourth-order valence-electron chi connectivity index (χ4n) is 5.19. The Hall–Kier alpha value is -2.56. The largest absolute Gasteiger partial charge is 0.380 e. The number of aromatic nitrogens is 1. The second-order valence-corrected chi connectivity index (χ2v) is 13.9. The number of sulfonamides is 1. The lowest BCUT2D eigenvalue weighted by Crippen LogP contribution is -2.42. The van der Waals surface area contributed by atoms with Gasteiger partial charge in [-0.05, 0) is 36.6 Å². The highest BCUT2D eigenvalue weighted by Gasteiger charge is 2.27. The molecule has 2 aliphatic heterocycles. The Kier molecular flexibility index (Phi) is 6.31. The van der Waals surface area contributed by atoms with Gasteiger partial charge in [-0.3, -0.25) is 0 Å². The summed E-state index contributed by atoms with van der Waals surface area (Å²) in [6.45, 7) is 1.98. The molecule has 2 fully saturated rings. The molecule has 5 rings (SSSR count). The Morgan fingerprint density at radius 1 is 0.943 bits per heavy atom. The molecule has 0 unspecified atom stereocenters. The van der Waals surface area contributed by atoms with Crippen molar-refractivity contribution >= 4 is 42.1 Å². The third-order valence-electron chi connectivity index (χ3n) is 7.17. The monoisotopic (exact) mass is 516 g/mol. The molecule has 3 aromatic rings. The Morgan fingerprint density at radius 3 is 2.23 bits per heavy atom. The molecule has 0 saturated carbocycles. The van der Waals surface area contributed by atoms with Gasteiger partial charge in [-0.15, -0.1) is 0 Å². The van der Waals surface area contributed by atoms with Crippen LogP contribution in [0.15, 0.2) is 48.5 Å². The molecule has 0 radical (unpaired) electrons. The van der Waals surface area contributed by atoms with Crippen LogP contribution < -0.4 is 10.2 Å². The zero-order valence-corrected chi connectivity index (χ0v) is 21.8. The molecule has 2 aliphatic rings. The first-order valence-electron chi connectivity index (χ1n) is 12.0. The Morgan fingerprint density at radius 2 is 1.60 bits per heavy atom. The van der Waals surface area contributed by atoms with Crippen molar-refractivity contribution in [3.8, 4) is 11.3 Å². The predicted molar refractivity (Wildman–Crippen MR) is 142 cm³/mol. The van der Waals surface area contributed by atoms with Crippen LogP contribution in [0, 0.1) is 0 Å². The zero-order chi connectivity index (χ0) is 24.8. The molecule has 8 nitrogen and oxygen atoms in total. The molecule has 0 atom stereocenters. The number of benzene rings is 2. The molecule has 188 valence electrons. The van der Waals surface area contributed by atoms with Crippen LogP contribution in [0.1, 0.15) is 12.8 Å². The van der Waals surface area contributed by atoms with Crippen molar-refractivity contribution in [2.75, 3.05) is 54.2 Å². The number of aryl methyl sites for hydroxylation is 1. The smallest absolute Gasteiger partial charge is 0.211 e. The third kappa shape index (κ3) is 5.05. The van der Waals surface area contributed by atoms with E-state index in [1.165, 1.54) is 6.26 Å². The van der Waals surface area contributed by atoms with E-state index < -0.39 is 19.9 Å². The highest BCUT2D eigenvalue weighted by atomic mass is 32.2. The van der Waals surface area contributed by atoms with Crippen molar-refractivity contribution in [1.29, 1.82) is 0 Å². The van der Waals surface area contributed by atoms with Gasteiger partial charge in [0, 0.05) is 56.0 Å². The van der Waals surface area contributed by atoms with E-state index in [1.807, 2.05) is 18.2 Å². The van der Waals surface area contributed by atoms with E-state index in [4.69, 9.17) is 0 Å². The van der Waals surface area contributed by atoms with Crippen LogP contribution in [0.3, 0.4) is 0 Å². The maximum absolute atomic E-state index is 12.0. The molecule has 35 heavy (non-hydrogen) atoms. The number of fused-ring (bicyclic) bond motifs is 1. The van der Waals surface area contributed by atoms with Crippen molar-refractivity contribution in [2.45, 2.75) is 18.9 Å². The van der Waals surface area contributed by atoms with E-state index in [-0.39, 0.29) is 17.5 Å². The minimum Gasteiger partial charge on any atom is -0.380 e. The second kappa shape index (κ2) is 9.15. The van der Waals surface area contributed by atoms with Crippen molar-refractivity contribution in [3.63, 3.8) is 0 Å². The average Bonchev–Trinajstić information content (AvgIpc) is 3.16. The van der Waals surface area contributed by atoms with Gasteiger partial charge in [0.1, 0.15) is 0 Å². The van der Waals surface area contributed by atoms with Crippen LogP contribution in [0.4, 0.5) is 11.4 Å². The highest BCUT2D eigenvalue weighted by Crippen LogP contribution is 2.37. The van der Waals surface area contributed by atoms with Gasteiger partial charge in [-0.2, -0.15) is 0 Å². The molecule has 1 N–H and O–H groups in total. The van der Waals surface area contributed by atoms with Crippen LogP contribution in [0.5, 0.6) is 0 Å². The maximum Gasteiger partial charge on any atom is 0.211 e. The van der Waals surface area contributed by atoms with Gasteiger partial charge in [0.05, 0.1) is 29.0 Å². The maximum atomic E-state index is 12.0. The fraction of sp³-hybridized carbons (Fsp3) is 0.440. The normalized spacial score (nSPS) is 19.8. The van der Waals surface area contributed by atoms with Crippen molar-refractivity contribution in [2.24, 2.45) is 7.05 Å². The number of nitrogens with one attached hydrogen (secondary N) is 1. The number of hydrogen-bond donors (Lipinski definition) is 1. The van der Waals surface area contributed by atoms with E-state index in [9.17, 15) is 16.8 Å². The van der Waals surface area contributed by atoms with Crippen LogP contribution in [0.25, 0.3) is 22.2 Å². The van der Waals surface area contributed by atoms with Gasteiger partial charge in [0.15, 0.2) is 9.84 Å². The van der Waals surface area contributed by atoms with Crippen molar-refractivity contribution in [1.82, 2.24) is 8.87 Å². The van der Waals surface area contributed by atoms with Gasteiger partial charge in [-0.1, -0.05) is 30.3 Å². The Bertz CT molecular complexity index is 1430. The summed E-state index contributed by atoms with van der Waals surface area (Å²) in [5, 5.41) is 4.80. The number of anilines is 2. The quantitative estimate of drug-likeness (QED) is 0.561. The van der Waals surface area contributed by atoms with Crippen molar-refractivity contribution < 1.29 is 16.8 Å². The van der Waals surface area contributed by atoms with Crippen molar-refractivity contribution in [3.05, 3.63) is 48.5 Å². The van der Waals surface area contributed by atoms with Gasteiger partial charge < -0.3 is 14.8 Å². The zero-order valence-electron chi connectivity index (χ0n) is 20.1. The summed E-state index contributed by atoms with van der Waals surface area (Å²) in [6, 6.07) is 16.9. The van der Waals surface area contributed by atoms with Gasteiger partial charge in [-0.25, -0.2) is 21.1 Å². The van der Waals surface area contributed by atoms with Gasteiger partial charge in [0.25, 0.3) is 0 Å². The van der Waals surface area contributed by atoms with Crippen LogP contribution in [-0.2, 0) is 26.9 Å². The summed E-state index contributed by atoms with van der Waals surface area (Å²) in [5.41, 5.74) is 5.32. The first-order valence-corrected chi connectivity index (χ1v) is 15.6. The lowest BCUT2D eigenvalue weighted by molar-refractivity contribution is 0.332. The lowest BCUT2D eigenvalue weighted by Gasteiger charge is -2.32. The number of sulfone groups is 1. The van der Waals surface area contributed by atoms with E-state index in [0.717, 1.165) is 46.4 Å². The van der Waals surface area contributed by atoms with E-state index in [0.29, 0.717) is 26.2 Å². The number of nitrogens with zero attached hydrogens (tertiary/aromatic N) is 3. The summed E-state index contributed by atoms with van der Waals surface area (Å²) in [6.07, 6.45) is 2.73. The second-order valence-electron chi connectivity index (χ2n) is 9.61. The molecule has 0 amide bonds. The molecule has 0 aliphatic carbocycles. The molecular weight excluding hydrogens is 484 g/mol. The predicted octanol–water partition coefficient (Wildman–Crippen LogP) is 2.92. The first kappa shape index (κ1) is 24.1. The summed E-state index contributed by atoms with van der Waals surface area (Å²) < 4.78 is 51.6. The minimum atomic E-state index is -3.18. The molecular formula is C25H32N4O4S2. The van der Waals surface area contributed by atoms with Crippen LogP contribution >= 0.6 is 0 Å². The molecule has 10 heteroatoms. The van der Waals surface area contributed by atoms with Gasteiger partial charge >= 0.3 is 0 Å². The minimum absolute atomic E-state index is 0.156. The van der Waals surface area contributed by atoms with E-state index in [1.54, 1.807) is 4.31 Å². The summed E-state index contributed by atoms with van der Waals surface area (Å²) in [5.74, 6) is 0.337. The molecule has 0 spiro atoms. The van der Waals surface area contributed by atoms with Crippen LogP contribution in [-0.4, -0.2) is 75.7 Å². The van der Waals surface area contributed by atoms with Crippen LogP contribution in [0.2, 0.25) is 0 Å². The number of piperidine rings is 1. The third-order valence-corrected chi connectivity index (χ3v) is 10.1. The standard InChI is InChI=1S/C25H32N4O4S2/c1-27-24(19-6-4-3-5-7-19)17-20-16-22(28-12-14-35(32,33)15-13-28)18-23(25(20)27)26-21-8-10-29(11-9-21)34(2,30)31/h3-7,16-18,21,26H,8-15H2,1-2H3. The molecule has 1 aromatic heterocycles.